The molecule has 0 saturated carbocycles. The van der Waals surface area contributed by atoms with Crippen molar-refractivity contribution in [3.63, 3.8) is 0 Å². The summed E-state index contributed by atoms with van der Waals surface area (Å²) in [6.07, 6.45) is 2.74. The number of fused-ring (bicyclic) bond motifs is 3. The Hall–Kier alpha value is -3.60. The number of nitrogens with two attached hydrogens (primary N) is 2. The lowest BCUT2D eigenvalue weighted by atomic mass is 9.86. The lowest BCUT2D eigenvalue weighted by Crippen LogP contribution is -2.28. The monoisotopic (exact) mass is 553 g/mol. The number of rotatable bonds is 6. The zero-order chi connectivity index (χ0) is 28.9. The van der Waals surface area contributed by atoms with Gasteiger partial charge in [-0.2, -0.15) is 0 Å². The van der Waals surface area contributed by atoms with Crippen LogP contribution in [0.4, 0.5) is 13.2 Å². The normalized spacial score (nSPS) is 16.4. The van der Waals surface area contributed by atoms with Gasteiger partial charge in [-0.15, -0.1) is 0 Å². The molecule has 1 fully saturated rings. The van der Waals surface area contributed by atoms with Crippen LogP contribution in [0.5, 0.6) is 0 Å². The van der Waals surface area contributed by atoms with Crippen LogP contribution >= 0.6 is 0 Å². The van der Waals surface area contributed by atoms with E-state index in [1.807, 2.05) is 4.57 Å². The summed E-state index contributed by atoms with van der Waals surface area (Å²) in [4.78, 5) is 4.64. The van der Waals surface area contributed by atoms with E-state index < -0.39 is 29.1 Å². The molecular formula is C30H34F3N5O2. The predicted molar refractivity (Wildman–Crippen MR) is 149 cm³/mol. The van der Waals surface area contributed by atoms with Crippen LogP contribution < -0.4 is 11.6 Å². The molecule has 3 heterocycles. The maximum atomic E-state index is 15.9. The minimum atomic E-state index is -1.36. The van der Waals surface area contributed by atoms with Gasteiger partial charge in [-0.25, -0.2) is 19.0 Å². The summed E-state index contributed by atoms with van der Waals surface area (Å²) in [7, 11) is 1.65. The Labute approximate surface area is 230 Å². The van der Waals surface area contributed by atoms with Crippen LogP contribution in [0.1, 0.15) is 56.3 Å². The van der Waals surface area contributed by atoms with Crippen LogP contribution in [0, 0.1) is 23.4 Å². The smallest absolute Gasteiger partial charge is 0.135 e. The number of ether oxygens (including phenoxy) is 1. The molecule has 7 nitrogen and oxygen atoms in total. The highest BCUT2D eigenvalue weighted by Crippen LogP contribution is 2.43. The first-order valence-electron chi connectivity index (χ1n) is 13.2. The van der Waals surface area contributed by atoms with E-state index in [0.29, 0.717) is 65.1 Å². The zero-order valence-electron chi connectivity index (χ0n) is 23.0. The van der Waals surface area contributed by atoms with E-state index in [1.54, 1.807) is 46.1 Å². The Bertz CT molecular complexity index is 1610. The Balaban J connectivity index is 1.95. The molecule has 2 aromatic heterocycles. The summed E-state index contributed by atoms with van der Waals surface area (Å²) in [5.74, 6) is 4.20. The van der Waals surface area contributed by atoms with E-state index in [-0.39, 0.29) is 16.9 Å². The van der Waals surface area contributed by atoms with Crippen LogP contribution in [0.3, 0.4) is 0 Å². The first-order chi connectivity index (χ1) is 18.9. The van der Waals surface area contributed by atoms with E-state index in [9.17, 15) is 9.50 Å². The quantitative estimate of drug-likeness (QED) is 0.221. The van der Waals surface area contributed by atoms with Crippen molar-refractivity contribution in [1.82, 2.24) is 14.6 Å². The van der Waals surface area contributed by atoms with Gasteiger partial charge in [-0.3, -0.25) is 4.98 Å². The van der Waals surface area contributed by atoms with E-state index in [4.69, 9.17) is 16.3 Å². The molecule has 2 aromatic carbocycles. The molecule has 4 aromatic rings. The van der Waals surface area contributed by atoms with Gasteiger partial charge in [0.05, 0.1) is 39.3 Å². The molecule has 1 saturated heterocycles. The fourth-order valence-corrected chi connectivity index (χ4v) is 5.84. The SMILES string of the molecule is C/C(N)=C(\c1cnc2c3c(F)cc(C(C)(C)O)cc3n(C(c3cc(F)ccc3F)C3CCOCC3)c2c1)N(C)N. The van der Waals surface area contributed by atoms with Crippen molar-refractivity contribution < 1.29 is 23.0 Å². The van der Waals surface area contributed by atoms with Gasteiger partial charge < -0.3 is 25.2 Å². The number of aromatic nitrogens is 2. The second kappa shape index (κ2) is 10.4. The van der Waals surface area contributed by atoms with Gasteiger partial charge in [-0.1, -0.05) is 0 Å². The van der Waals surface area contributed by atoms with Gasteiger partial charge >= 0.3 is 0 Å². The average molecular weight is 554 g/mol. The third-order valence-corrected chi connectivity index (χ3v) is 7.67. The van der Waals surface area contributed by atoms with Gasteiger partial charge in [0.2, 0.25) is 0 Å². The third kappa shape index (κ3) is 4.91. The fraction of sp³-hybridized carbons (Fsp3) is 0.367. The highest BCUT2D eigenvalue weighted by molar-refractivity contribution is 6.07. The molecule has 0 aliphatic carbocycles. The van der Waals surface area contributed by atoms with Gasteiger partial charge in [0, 0.05) is 43.3 Å². The van der Waals surface area contributed by atoms with Crippen LogP contribution in [-0.2, 0) is 10.3 Å². The van der Waals surface area contributed by atoms with Gasteiger partial charge in [-0.05, 0) is 81.5 Å². The topological polar surface area (TPSA) is 103 Å². The highest BCUT2D eigenvalue weighted by atomic mass is 19.1. The first kappa shape index (κ1) is 27.9. The van der Waals surface area contributed by atoms with E-state index in [0.717, 1.165) is 12.1 Å². The molecule has 5 N–H and O–H groups in total. The third-order valence-electron chi connectivity index (χ3n) is 7.67. The Kier molecular flexibility index (Phi) is 7.28. The number of hydrazine groups is 1. The van der Waals surface area contributed by atoms with Crippen molar-refractivity contribution >= 4 is 27.6 Å². The van der Waals surface area contributed by atoms with Gasteiger partial charge in [0.15, 0.2) is 0 Å². The van der Waals surface area contributed by atoms with Crippen molar-refractivity contribution in [2.75, 3.05) is 20.3 Å². The fourth-order valence-electron chi connectivity index (χ4n) is 5.84. The zero-order valence-corrected chi connectivity index (χ0v) is 23.0. The number of benzene rings is 2. The molecule has 0 radical (unpaired) electrons. The van der Waals surface area contributed by atoms with Crippen molar-refractivity contribution in [1.29, 1.82) is 0 Å². The van der Waals surface area contributed by atoms with Crippen LogP contribution in [0.15, 0.2) is 48.3 Å². The molecule has 1 aliphatic rings. The summed E-state index contributed by atoms with van der Waals surface area (Å²) in [5.41, 5.74) is 8.08. The van der Waals surface area contributed by atoms with Crippen LogP contribution in [0.2, 0.25) is 0 Å². The summed E-state index contributed by atoms with van der Waals surface area (Å²) >= 11 is 0. The molecule has 0 amide bonds. The minimum absolute atomic E-state index is 0.145. The van der Waals surface area contributed by atoms with Crippen molar-refractivity contribution in [3.05, 3.63) is 82.4 Å². The molecule has 0 spiro atoms. The Morgan fingerprint density at radius 2 is 1.80 bits per heavy atom. The van der Waals surface area contributed by atoms with E-state index >= 15 is 8.78 Å². The summed E-state index contributed by atoms with van der Waals surface area (Å²) in [5, 5.41) is 12.4. The molecule has 1 atom stereocenters. The van der Waals surface area contributed by atoms with Crippen LogP contribution in [0.25, 0.3) is 27.6 Å². The summed E-state index contributed by atoms with van der Waals surface area (Å²) in [6, 6.07) is 7.44. The molecular weight excluding hydrogens is 519 g/mol. The van der Waals surface area contributed by atoms with E-state index in [1.165, 1.54) is 17.1 Å². The number of aliphatic hydroxyl groups is 1. The molecule has 10 heteroatoms. The largest absolute Gasteiger partial charge is 0.401 e. The summed E-state index contributed by atoms with van der Waals surface area (Å²) < 4.78 is 53.5. The summed E-state index contributed by atoms with van der Waals surface area (Å²) in [6.45, 7) is 5.76. The predicted octanol–water partition coefficient (Wildman–Crippen LogP) is 5.30. The molecule has 212 valence electrons. The second-order valence-electron chi connectivity index (χ2n) is 11.1. The number of allylic oxidation sites excluding steroid dienone is 1. The lowest BCUT2D eigenvalue weighted by Gasteiger charge is -2.33. The van der Waals surface area contributed by atoms with Crippen molar-refractivity contribution in [2.45, 2.75) is 45.3 Å². The van der Waals surface area contributed by atoms with Crippen LogP contribution in [-0.4, -0.2) is 39.9 Å². The molecule has 1 unspecified atom stereocenters. The van der Waals surface area contributed by atoms with E-state index in [2.05, 4.69) is 4.98 Å². The number of hydrogen-bond acceptors (Lipinski definition) is 6. The molecule has 40 heavy (non-hydrogen) atoms. The van der Waals surface area contributed by atoms with Gasteiger partial charge in [0.25, 0.3) is 0 Å². The highest BCUT2D eigenvalue weighted by Gasteiger charge is 2.34. The number of nitrogens with zero attached hydrogens (tertiary/aromatic N) is 3. The second-order valence-corrected chi connectivity index (χ2v) is 11.1. The Morgan fingerprint density at radius 1 is 1.10 bits per heavy atom. The van der Waals surface area contributed by atoms with Crippen molar-refractivity contribution in [2.24, 2.45) is 17.5 Å². The number of halogens is 3. The molecule has 0 bridgehead atoms. The maximum absolute atomic E-state index is 15.9. The van der Waals surface area contributed by atoms with Crippen molar-refractivity contribution in [3.8, 4) is 0 Å². The maximum Gasteiger partial charge on any atom is 0.135 e. The Morgan fingerprint density at radius 3 is 2.42 bits per heavy atom. The van der Waals surface area contributed by atoms with Gasteiger partial charge in [0.1, 0.15) is 17.5 Å². The molecule has 5 rings (SSSR count). The number of hydrogen-bond donors (Lipinski definition) is 3. The standard InChI is InChI=1S/C30H34F3N5O2/c1-16(34)28(37(4)35)18-11-25-27(36-15-18)26-23(33)12-19(30(2,3)39)13-24(26)38(25)29(17-7-9-40-10-8-17)21-14-20(31)5-6-22(21)32/h5-6,11-15,17,29,39H,7-10,34-35H2,1-4H3/b28-16-. The molecule has 1 aliphatic heterocycles. The average Bonchev–Trinajstić information content (AvgIpc) is 3.20. The number of pyridine rings is 1. The lowest BCUT2D eigenvalue weighted by molar-refractivity contribution is 0.0548. The first-order valence-corrected chi connectivity index (χ1v) is 13.2. The minimum Gasteiger partial charge on any atom is -0.401 e.